The number of carboxylic acid groups (broad SMARTS) is 1. The quantitative estimate of drug-likeness (QED) is 0.744. The zero-order valence-corrected chi connectivity index (χ0v) is 11.0. The van der Waals surface area contributed by atoms with Crippen LogP contribution >= 0.6 is 0 Å². The molecule has 18 heavy (non-hydrogen) atoms. The van der Waals surface area contributed by atoms with E-state index in [1.54, 1.807) is 0 Å². The van der Waals surface area contributed by atoms with E-state index in [0.29, 0.717) is 12.3 Å². The van der Waals surface area contributed by atoms with Crippen LogP contribution in [0.1, 0.15) is 31.7 Å². The fourth-order valence-corrected chi connectivity index (χ4v) is 2.18. The van der Waals surface area contributed by atoms with Crippen molar-refractivity contribution in [2.24, 2.45) is 17.6 Å². The highest BCUT2D eigenvalue weighted by Gasteiger charge is 2.17. The summed E-state index contributed by atoms with van der Waals surface area (Å²) >= 11 is 0. The molecule has 2 atom stereocenters. The van der Waals surface area contributed by atoms with Gasteiger partial charge in [-0.3, -0.25) is 4.79 Å². The molecule has 0 amide bonds. The maximum Gasteiger partial charge on any atom is 0.307 e. The van der Waals surface area contributed by atoms with Crippen molar-refractivity contribution in [1.29, 1.82) is 0 Å². The zero-order chi connectivity index (χ0) is 13.4. The van der Waals surface area contributed by atoms with Gasteiger partial charge in [-0.25, -0.2) is 0 Å². The molecule has 3 heteroatoms. The first-order valence-electron chi connectivity index (χ1n) is 6.64. The van der Waals surface area contributed by atoms with Gasteiger partial charge < -0.3 is 10.8 Å². The van der Waals surface area contributed by atoms with E-state index >= 15 is 0 Å². The fraction of sp³-hybridized carbons (Fsp3) is 0.533. The lowest BCUT2D eigenvalue weighted by molar-refractivity contribution is -0.141. The van der Waals surface area contributed by atoms with E-state index in [4.69, 9.17) is 10.8 Å². The van der Waals surface area contributed by atoms with Crippen LogP contribution in [0.2, 0.25) is 0 Å². The summed E-state index contributed by atoms with van der Waals surface area (Å²) < 4.78 is 0. The summed E-state index contributed by atoms with van der Waals surface area (Å²) in [4.78, 5) is 10.9. The number of nitrogens with two attached hydrogens (primary N) is 1. The van der Waals surface area contributed by atoms with E-state index in [1.165, 1.54) is 5.56 Å². The van der Waals surface area contributed by atoms with Crippen molar-refractivity contribution in [3.63, 3.8) is 0 Å². The second kappa shape index (κ2) is 7.88. The number of hydrogen-bond acceptors (Lipinski definition) is 2. The predicted molar refractivity (Wildman–Crippen MR) is 73.3 cm³/mol. The molecule has 0 aromatic heterocycles. The first-order chi connectivity index (χ1) is 8.67. The van der Waals surface area contributed by atoms with Gasteiger partial charge >= 0.3 is 5.97 Å². The van der Waals surface area contributed by atoms with Gasteiger partial charge in [0.25, 0.3) is 0 Å². The normalized spacial score (nSPS) is 14.1. The highest BCUT2D eigenvalue weighted by Crippen LogP contribution is 2.20. The first kappa shape index (κ1) is 14.7. The van der Waals surface area contributed by atoms with Crippen LogP contribution in [0.5, 0.6) is 0 Å². The number of aliphatic carboxylic acids is 1. The monoisotopic (exact) mass is 249 g/mol. The van der Waals surface area contributed by atoms with Crippen molar-refractivity contribution < 1.29 is 9.90 Å². The van der Waals surface area contributed by atoms with Crippen molar-refractivity contribution in [1.82, 2.24) is 0 Å². The average Bonchev–Trinajstić information content (AvgIpc) is 2.38. The van der Waals surface area contributed by atoms with Crippen LogP contribution in [-0.2, 0) is 11.2 Å². The second-order valence-corrected chi connectivity index (χ2v) is 4.81. The van der Waals surface area contributed by atoms with E-state index in [9.17, 15) is 4.79 Å². The molecule has 0 radical (unpaired) electrons. The summed E-state index contributed by atoms with van der Waals surface area (Å²) in [6.45, 7) is 2.39. The number of benzene rings is 1. The molecular weight excluding hydrogens is 226 g/mol. The van der Waals surface area contributed by atoms with Crippen molar-refractivity contribution in [3.8, 4) is 0 Å². The van der Waals surface area contributed by atoms with Gasteiger partial charge in [-0.05, 0) is 30.7 Å². The Balaban J connectivity index is 2.45. The Bertz CT molecular complexity index is 351. The minimum Gasteiger partial charge on any atom is -0.481 e. The van der Waals surface area contributed by atoms with Gasteiger partial charge in [-0.2, -0.15) is 0 Å². The molecule has 1 aromatic carbocycles. The average molecular weight is 249 g/mol. The Morgan fingerprint density at radius 3 is 2.44 bits per heavy atom. The van der Waals surface area contributed by atoms with Crippen LogP contribution in [0.15, 0.2) is 30.3 Å². The summed E-state index contributed by atoms with van der Waals surface area (Å²) in [6.07, 6.45) is 3.71. The van der Waals surface area contributed by atoms with Crippen molar-refractivity contribution in [2.45, 2.75) is 32.6 Å². The molecule has 0 aliphatic carbocycles. The zero-order valence-electron chi connectivity index (χ0n) is 11.0. The molecule has 0 saturated heterocycles. The van der Waals surface area contributed by atoms with Crippen LogP contribution in [0.4, 0.5) is 0 Å². The lowest BCUT2D eigenvalue weighted by atomic mass is 9.89. The molecule has 3 N–H and O–H groups in total. The van der Waals surface area contributed by atoms with Gasteiger partial charge in [0, 0.05) is 6.54 Å². The van der Waals surface area contributed by atoms with Gasteiger partial charge in [0.1, 0.15) is 0 Å². The molecule has 2 unspecified atom stereocenters. The Labute approximate surface area is 109 Å². The molecule has 0 bridgehead atoms. The Morgan fingerprint density at radius 2 is 1.94 bits per heavy atom. The molecule has 0 aliphatic heterocycles. The molecule has 0 spiro atoms. The van der Waals surface area contributed by atoms with Gasteiger partial charge in [-0.1, -0.05) is 43.7 Å². The van der Waals surface area contributed by atoms with Crippen molar-refractivity contribution in [2.75, 3.05) is 6.54 Å². The van der Waals surface area contributed by atoms with Gasteiger partial charge in [0.05, 0.1) is 5.92 Å². The van der Waals surface area contributed by atoms with E-state index < -0.39 is 11.9 Å². The maximum absolute atomic E-state index is 10.9. The Morgan fingerprint density at radius 1 is 1.28 bits per heavy atom. The van der Waals surface area contributed by atoms with Crippen molar-refractivity contribution in [3.05, 3.63) is 35.9 Å². The highest BCUT2D eigenvalue weighted by atomic mass is 16.4. The molecule has 1 aromatic rings. The van der Waals surface area contributed by atoms with Gasteiger partial charge in [0.15, 0.2) is 0 Å². The number of carbonyl (C=O) groups is 1. The SMILES string of the molecule is CCC(CCC(CN)C(=O)O)Cc1ccccc1. The Hall–Kier alpha value is -1.35. The minimum atomic E-state index is -0.771. The molecule has 0 heterocycles. The molecular formula is C15H23NO2. The smallest absolute Gasteiger partial charge is 0.307 e. The third kappa shape index (κ3) is 4.88. The van der Waals surface area contributed by atoms with Crippen LogP contribution in [0.3, 0.4) is 0 Å². The standard InChI is InChI=1S/C15H23NO2/c1-2-12(8-9-14(11-16)15(17)18)10-13-6-4-3-5-7-13/h3-7,12,14H,2,8-11,16H2,1H3,(H,17,18). The van der Waals surface area contributed by atoms with Crippen LogP contribution in [0, 0.1) is 11.8 Å². The number of rotatable bonds is 8. The summed E-state index contributed by atoms with van der Waals surface area (Å²) in [6, 6.07) is 10.4. The predicted octanol–water partition coefficient (Wildman–Crippen LogP) is 2.70. The highest BCUT2D eigenvalue weighted by molar-refractivity contribution is 5.70. The summed E-state index contributed by atoms with van der Waals surface area (Å²) in [7, 11) is 0. The van der Waals surface area contributed by atoms with Crippen LogP contribution in [0.25, 0.3) is 0 Å². The maximum atomic E-state index is 10.9. The third-order valence-electron chi connectivity index (χ3n) is 3.50. The van der Waals surface area contributed by atoms with Gasteiger partial charge in [-0.15, -0.1) is 0 Å². The topological polar surface area (TPSA) is 63.3 Å². The van der Waals surface area contributed by atoms with E-state index in [-0.39, 0.29) is 6.54 Å². The first-order valence-corrected chi connectivity index (χ1v) is 6.64. The molecule has 3 nitrogen and oxygen atoms in total. The van der Waals surface area contributed by atoms with Gasteiger partial charge in [0.2, 0.25) is 0 Å². The third-order valence-corrected chi connectivity index (χ3v) is 3.50. The molecule has 0 fully saturated rings. The minimum absolute atomic E-state index is 0.233. The van der Waals surface area contributed by atoms with E-state index in [0.717, 1.165) is 19.3 Å². The van der Waals surface area contributed by atoms with Crippen LogP contribution in [-0.4, -0.2) is 17.6 Å². The largest absolute Gasteiger partial charge is 0.481 e. The Kier molecular flexibility index (Phi) is 6.44. The summed E-state index contributed by atoms with van der Waals surface area (Å²) in [5.41, 5.74) is 6.80. The molecule has 100 valence electrons. The molecule has 0 saturated carbocycles. The molecule has 0 aliphatic rings. The number of carboxylic acids is 1. The van der Waals surface area contributed by atoms with Crippen LogP contribution < -0.4 is 5.73 Å². The summed E-state index contributed by atoms with van der Waals surface area (Å²) in [5, 5.41) is 8.97. The van der Waals surface area contributed by atoms with E-state index in [1.807, 2.05) is 18.2 Å². The number of hydrogen-bond donors (Lipinski definition) is 2. The summed E-state index contributed by atoms with van der Waals surface area (Å²) in [5.74, 6) is -0.623. The van der Waals surface area contributed by atoms with E-state index in [2.05, 4.69) is 19.1 Å². The van der Waals surface area contributed by atoms with Crippen molar-refractivity contribution >= 4 is 5.97 Å². The fourth-order valence-electron chi connectivity index (χ4n) is 2.18. The lowest BCUT2D eigenvalue weighted by Crippen LogP contribution is -2.24. The molecule has 1 rings (SSSR count). The second-order valence-electron chi connectivity index (χ2n) is 4.81. The lowest BCUT2D eigenvalue weighted by Gasteiger charge is -2.17.